The van der Waals surface area contributed by atoms with E-state index in [2.05, 4.69) is 30.7 Å². The van der Waals surface area contributed by atoms with Crippen LogP contribution in [0.3, 0.4) is 0 Å². The molecule has 2 rings (SSSR count). The van der Waals surface area contributed by atoms with Crippen molar-refractivity contribution in [2.75, 3.05) is 33.2 Å². The second kappa shape index (κ2) is 5.50. The maximum absolute atomic E-state index is 2.78. The predicted octanol–water partition coefficient (Wildman–Crippen LogP) is 2.45. The zero-order valence-corrected chi connectivity index (χ0v) is 11.3. The molecule has 0 aromatic carbocycles. The van der Waals surface area contributed by atoms with Gasteiger partial charge in [0.15, 0.2) is 0 Å². The molecule has 2 heteroatoms. The summed E-state index contributed by atoms with van der Waals surface area (Å²) >= 11 is 0. The van der Waals surface area contributed by atoms with Gasteiger partial charge in [-0.05, 0) is 64.2 Å². The molecule has 0 aliphatic carbocycles. The Labute approximate surface area is 101 Å². The minimum Gasteiger partial charge on any atom is -0.306 e. The molecule has 0 aromatic heterocycles. The Balaban J connectivity index is 1.75. The molecule has 2 fully saturated rings. The summed E-state index contributed by atoms with van der Waals surface area (Å²) in [5.41, 5.74) is 0. The van der Waals surface area contributed by atoms with Gasteiger partial charge in [-0.25, -0.2) is 0 Å². The largest absolute Gasteiger partial charge is 0.306 e. The van der Waals surface area contributed by atoms with Gasteiger partial charge in [0, 0.05) is 12.6 Å². The maximum Gasteiger partial charge on any atom is 0.0120 e. The monoisotopic (exact) mass is 224 g/mol. The number of piperidine rings is 1. The molecule has 2 aliphatic heterocycles. The van der Waals surface area contributed by atoms with Crippen molar-refractivity contribution in [3.05, 3.63) is 0 Å². The Morgan fingerprint density at radius 3 is 2.38 bits per heavy atom. The Hall–Kier alpha value is -0.0800. The van der Waals surface area contributed by atoms with E-state index in [1.165, 1.54) is 51.9 Å². The van der Waals surface area contributed by atoms with Gasteiger partial charge in [0.25, 0.3) is 0 Å². The van der Waals surface area contributed by atoms with Crippen LogP contribution in [0.5, 0.6) is 0 Å². The van der Waals surface area contributed by atoms with E-state index >= 15 is 0 Å². The quantitative estimate of drug-likeness (QED) is 0.726. The van der Waals surface area contributed by atoms with Crippen molar-refractivity contribution in [2.24, 2.45) is 11.8 Å². The van der Waals surface area contributed by atoms with Crippen LogP contribution in [0.1, 0.15) is 39.5 Å². The van der Waals surface area contributed by atoms with Crippen molar-refractivity contribution in [1.82, 2.24) is 9.80 Å². The van der Waals surface area contributed by atoms with E-state index in [0.29, 0.717) is 0 Å². The fraction of sp³-hybridized carbons (Fsp3) is 1.00. The molecule has 2 heterocycles. The van der Waals surface area contributed by atoms with E-state index in [4.69, 9.17) is 0 Å². The molecule has 2 aliphatic rings. The highest BCUT2D eigenvalue weighted by atomic mass is 15.2. The SMILES string of the molecule is CC(C)CC1CCN(C2CCN(C)CC2)C1. The van der Waals surface area contributed by atoms with Crippen LogP contribution in [-0.4, -0.2) is 49.1 Å². The summed E-state index contributed by atoms with van der Waals surface area (Å²) in [5.74, 6) is 1.86. The van der Waals surface area contributed by atoms with Gasteiger partial charge in [-0.3, -0.25) is 0 Å². The molecule has 0 saturated carbocycles. The van der Waals surface area contributed by atoms with Gasteiger partial charge in [-0.2, -0.15) is 0 Å². The lowest BCUT2D eigenvalue weighted by Crippen LogP contribution is -2.42. The first-order valence-corrected chi connectivity index (χ1v) is 7.07. The minimum atomic E-state index is 0.877. The van der Waals surface area contributed by atoms with E-state index in [1.54, 1.807) is 0 Å². The highest BCUT2D eigenvalue weighted by Gasteiger charge is 2.29. The highest BCUT2D eigenvalue weighted by molar-refractivity contribution is 4.85. The van der Waals surface area contributed by atoms with Crippen LogP contribution in [0, 0.1) is 11.8 Å². The first-order chi connectivity index (χ1) is 7.65. The van der Waals surface area contributed by atoms with Crippen molar-refractivity contribution in [1.29, 1.82) is 0 Å². The fourth-order valence-electron chi connectivity index (χ4n) is 3.41. The standard InChI is InChI=1S/C14H28N2/c1-12(2)10-13-4-9-16(11-13)14-5-7-15(3)8-6-14/h12-14H,4-11H2,1-3H3. The van der Waals surface area contributed by atoms with E-state index in [-0.39, 0.29) is 0 Å². The van der Waals surface area contributed by atoms with Crippen LogP contribution >= 0.6 is 0 Å². The zero-order valence-electron chi connectivity index (χ0n) is 11.3. The zero-order chi connectivity index (χ0) is 11.5. The van der Waals surface area contributed by atoms with Crippen LogP contribution < -0.4 is 0 Å². The molecule has 0 N–H and O–H groups in total. The third kappa shape index (κ3) is 3.21. The van der Waals surface area contributed by atoms with Crippen LogP contribution in [0.4, 0.5) is 0 Å². The van der Waals surface area contributed by atoms with Crippen molar-refractivity contribution in [3.63, 3.8) is 0 Å². The predicted molar refractivity (Wildman–Crippen MR) is 69.7 cm³/mol. The molecule has 2 saturated heterocycles. The summed E-state index contributed by atoms with van der Waals surface area (Å²) in [6.45, 7) is 10.1. The Bertz CT molecular complexity index is 207. The average Bonchev–Trinajstić information content (AvgIpc) is 2.66. The molecule has 16 heavy (non-hydrogen) atoms. The topological polar surface area (TPSA) is 6.48 Å². The summed E-state index contributed by atoms with van der Waals surface area (Å²) in [5, 5.41) is 0. The van der Waals surface area contributed by atoms with Gasteiger partial charge < -0.3 is 9.80 Å². The van der Waals surface area contributed by atoms with Crippen molar-refractivity contribution in [2.45, 2.75) is 45.6 Å². The third-order valence-electron chi connectivity index (χ3n) is 4.33. The van der Waals surface area contributed by atoms with Crippen molar-refractivity contribution >= 4 is 0 Å². The molecule has 0 radical (unpaired) electrons. The molecular weight excluding hydrogens is 196 g/mol. The Kier molecular flexibility index (Phi) is 4.26. The van der Waals surface area contributed by atoms with Gasteiger partial charge in [0.05, 0.1) is 0 Å². The van der Waals surface area contributed by atoms with Gasteiger partial charge in [-0.15, -0.1) is 0 Å². The van der Waals surface area contributed by atoms with Crippen LogP contribution in [0.15, 0.2) is 0 Å². The van der Waals surface area contributed by atoms with E-state index < -0.39 is 0 Å². The maximum atomic E-state index is 2.78. The molecule has 1 unspecified atom stereocenters. The number of nitrogens with zero attached hydrogens (tertiary/aromatic N) is 2. The number of hydrogen-bond donors (Lipinski definition) is 0. The van der Waals surface area contributed by atoms with Crippen molar-refractivity contribution in [3.8, 4) is 0 Å². The van der Waals surface area contributed by atoms with E-state index in [0.717, 1.165) is 17.9 Å². The van der Waals surface area contributed by atoms with Gasteiger partial charge in [0.1, 0.15) is 0 Å². The lowest BCUT2D eigenvalue weighted by molar-refractivity contribution is 0.138. The van der Waals surface area contributed by atoms with Crippen molar-refractivity contribution < 1.29 is 0 Å². The summed E-state index contributed by atoms with van der Waals surface area (Å²) in [4.78, 5) is 5.25. The summed E-state index contributed by atoms with van der Waals surface area (Å²) < 4.78 is 0. The normalized spacial score (nSPS) is 30.4. The van der Waals surface area contributed by atoms with Gasteiger partial charge in [-0.1, -0.05) is 13.8 Å². The second-order valence-electron chi connectivity index (χ2n) is 6.31. The third-order valence-corrected chi connectivity index (χ3v) is 4.33. The van der Waals surface area contributed by atoms with Crippen LogP contribution in [0.2, 0.25) is 0 Å². The number of hydrogen-bond acceptors (Lipinski definition) is 2. The average molecular weight is 224 g/mol. The van der Waals surface area contributed by atoms with Gasteiger partial charge in [0.2, 0.25) is 0 Å². The molecule has 0 aromatic rings. The summed E-state index contributed by atoms with van der Waals surface area (Å²) in [7, 11) is 2.25. The summed E-state index contributed by atoms with van der Waals surface area (Å²) in [6, 6.07) is 0.897. The summed E-state index contributed by atoms with van der Waals surface area (Å²) in [6.07, 6.45) is 5.67. The van der Waals surface area contributed by atoms with E-state index in [9.17, 15) is 0 Å². The first-order valence-electron chi connectivity index (χ1n) is 7.07. The molecule has 0 spiro atoms. The highest BCUT2D eigenvalue weighted by Crippen LogP contribution is 2.27. The molecular formula is C14H28N2. The second-order valence-corrected chi connectivity index (χ2v) is 6.31. The molecule has 0 amide bonds. The number of rotatable bonds is 3. The molecule has 1 atom stereocenters. The molecule has 94 valence electrons. The fourth-order valence-corrected chi connectivity index (χ4v) is 3.41. The number of likely N-dealkylation sites (tertiary alicyclic amines) is 2. The van der Waals surface area contributed by atoms with Crippen LogP contribution in [-0.2, 0) is 0 Å². The smallest absolute Gasteiger partial charge is 0.0120 e. The molecule has 0 bridgehead atoms. The molecule has 2 nitrogen and oxygen atoms in total. The van der Waals surface area contributed by atoms with Crippen LogP contribution in [0.25, 0.3) is 0 Å². The lowest BCUT2D eigenvalue weighted by atomic mass is 9.96. The Morgan fingerprint density at radius 1 is 1.06 bits per heavy atom. The Morgan fingerprint density at radius 2 is 1.75 bits per heavy atom. The first kappa shape index (κ1) is 12.4. The van der Waals surface area contributed by atoms with Gasteiger partial charge >= 0.3 is 0 Å². The lowest BCUT2D eigenvalue weighted by Gasteiger charge is -2.35. The minimum absolute atomic E-state index is 0.877. The van der Waals surface area contributed by atoms with E-state index in [1.807, 2.05) is 0 Å².